The Balaban J connectivity index is 1.85. The molecule has 5 heteroatoms. The second kappa shape index (κ2) is 5.87. The summed E-state index contributed by atoms with van der Waals surface area (Å²) in [4.78, 5) is 17.9. The van der Waals surface area contributed by atoms with Crippen LogP contribution in [-0.2, 0) is 4.79 Å². The van der Waals surface area contributed by atoms with Crippen LogP contribution in [0.25, 0.3) is 0 Å². The number of nitrogens with one attached hydrogen (secondary N) is 1. The third-order valence-corrected chi connectivity index (χ3v) is 3.18. The Kier molecular flexibility index (Phi) is 4.20. The number of rotatable bonds is 3. The van der Waals surface area contributed by atoms with Crippen LogP contribution in [0.1, 0.15) is 19.3 Å². The molecule has 0 atom stereocenters. The molecule has 1 amide bonds. The van der Waals surface area contributed by atoms with Gasteiger partial charge in [0, 0.05) is 19.3 Å². The van der Waals surface area contributed by atoms with E-state index in [1.165, 1.54) is 6.42 Å². The summed E-state index contributed by atoms with van der Waals surface area (Å²) in [6.45, 7) is 2.00. The minimum absolute atomic E-state index is 0.117. The first-order valence-corrected chi connectivity index (χ1v) is 6.27. The van der Waals surface area contributed by atoms with E-state index in [-0.39, 0.29) is 12.5 Å². The van der Waals surface area contributed by atoms with Crippen LogP contribution in [-0.4, -0.2) is 35.4 Å². The van der Waals surface area contributed by atoms with Crippen LogP contribution >= 0.6 is 11.6 Å². The van der Waals surface area contributed by atoms with Gasteiger partial charge in [-0.1, -0.05) is 11.6 Å². The highest BCUT2D eigenvalue weighted by Crippen LogP contribution is 2.17. The van der Waals surface area contributed by atoms with Gasteiger partial charge in [-0.15, -0.1) is 0 Å². The lowest BCUT2D eigenvalue weighted by Crippen LogP contribution is -2.39. The first-order chi connectivity index (χ1) is 8.27. The van der Waals surface area contributed by atoms with E-state index in [2.05, 4.69) is 10.3 Å². The van der Waals surface area contributed by atoms with Crippen LogP contribution in [0.2, 0.25) is 5.02 Å². The molecular formula is C12H16ClN3O. The third-order valence-electron chi connectivity index (χ3n) is 2.87. The third kappa shape index (κ3) is 3.33. The van der Waals surface area contributed by atoms with Crippen LogP contribution < -0.4 is 5.32 Å². The van der Waals surface area contributed by atoms with Crippen molar-refractivity contribution >= 4 is 23.3 Å². The van der Waals surface area contributed by atoms with Crippen molar-refractivity contribution in [2.45, 2.75) is 19.3 Å². The molecule has 1 aromatic rings. The van der Waals surface area contributed by atoms with Crippen molar-refractivity contribution in [1.29, 1.82) is 0 Å². The number of amides is 1. The van der Waals surface area contributed by atoms with Crippen LogP contribution in [0, 0.1) is 0 Å². The van der Waals surface area contributed by atoms with Gasteiger partial charge in [0.25, 0.3) is 0 Å². The number of piperidine rings is 1. The monoisotopic (exact) mass is 253 g/mol. The molecule has 1 saturated heterocycles. The maximum Gasteiger partial charge on any atom is 0.241 e. The number of carbonyl (C=O) groups is 1. The van der Waals surface area contributed by atoms with E-state index in [9.17, 15) is 4.79 Å². The summed E-state index contributed by atoms with van der Waals surface area (Å²) in [7, 11) is 0. The zero-order valence-corrected chi connectivity index (χ0v) is 10.4. The van der Waals surface area contributed by atoms with Crippen molar-refractivity contribution in [3.63, 3.8) is 0 Å². The largest absolute Gasteiger partial charge is 0.360 e. The molecule has 92 valence electrons. The van der Waals surface area contributed by atoms with Gasteiger partial charge < -0.3 is 10.2 Å². The van der Waals surface area contributed by atoms with Crippen molar-refractivity contribution in [1.82, 2.24) is 9.88 Å². The van der Waals surface area contributed by atoms with Crippen molar-refractivity contribution < 1.29 is 4.79 Å². The number of halogens is 1. The molecule has 0 bridgehead atoms. The molecule has 0 aliphatic carbocycles. The van der Waals surface area contributed by atoms with Crippen molar-refractivity contribution in [2.24, 2.45) is 0 Å². The molecule has 0 radical (unpaired) electrons. The SMILES string of the molecule is O=C(CNc1ncccc1Cl)N1CCCCC1. The summed E-state index contributed by atoms with van der Waals surface area (Å²) in [5, 5.41) is 3.52. The lowest BCUT2D eigenvalue weighted by atomic mass is 10.1. The molecule has 2 rings (SSSR count). The molecule has 0 spiro atoms. The van der Waals surface area contributed by atoms with E-state index >= 15 is 0 Å². The zero-order chi connectivity index (χ0) is 12.1. The topological polar surface area (TPSA) is 45.2 Å². The van der Waals surface area contributed by atoms with Crippen molar-refractivity contribution in [3.05, 3.63) is 23.4 Å². The Morgan fingerprint density at radius 3 is 2.88 bits per heavy atom. The molecule has 0 unspecified atom stereocenters. The Morgan fingerprint density at radius 1 is 1.41 bits per heavy atom. The number of hydrogen-bond donors (Lipinski definition) is 1. The van der Waals surface area contributed by atoms with Gasteiger partial charge >= 0.3 is 0 Å². The number of anilines is 1. The lowest BCUT2D eigenvalue weighted by molar-refractivity contribution is -0.130. The highest BCUT2D eigenvalue weighted by molar-refractivity contribution is 6.32. The molecule has 1 aliphatic heterocycles. The first kappa shape index (κ1) is 12.2. The molecular weight excluding hydrogens is 238 g/mol. The van der Waals surface area contributed by atoms with E-state index in [1.807, 2.05) is 4.90 Å². The number of aromatic nitrogens is 1. The highest BCUT2D eigenvalue weighted by Gasteiger charge is 2.16. The summed E-state index contributed by atoms with van der Waals surface area (Å²) in [6, 6.07) is 3.52. The minimum atomic E-state index is 0.117. The summed E-state index contributed by atoms with van der Waals surface area (Å²) < 4.78 is 0. The maximum atomic E-state index is 11.9. The van der Waals surface area contributed by atoms with E-state index in [4.69, 9.17) is 11.6 Å². The molecule has 1 N–H and O–H groups in total. The van der Waals surface area contributed by atoms with Gasteiger partial charge in [-0.2, -0.15) is 0 Å². The Hall–Kier alpha value is -1.29. The van der Waals surface area contributed by atoms with Gasteiger partial charge in [0.2, 0.25) is 5.91 Å². The number of carbonyl (C=O) groups excluding carboxylic acids is 1. The molecule has 17 heavy (non-hydrogen) atoms. The summed E-state index contributed by atoms with van der Waals surface area (Å²) in [5.41, 5.74) is 0. The fourth-order valence-electron chi connectivity index (χ4n) is 1.93. The fraction of sp³-hybridized carbons (Fsp3) is 0.500. The minimum Gasteiger partial charge on any atom is -0.360 e. The first-order valence-electron chi connectivity index (χ1n) is 5.89. The summed E-state index contributed by atoms with van der Waals surface area (Å²) in [6.07, 6.45) is 5.09. The zero-order valence-electron chi connectivity index (χ0n) is 9.66. The van der Waals surface area contributed by atoms with Crippen LogP contribution in [0.4, 0.5) is 5.82 Å². The predicted molar refractivity (Wildman–Crippen MR) is 68.2 cm³/mol. The number of nitrogens with zero attached hydrogens (tertiary/aromatic N) is 2. The molecule has 0 aromatic carbocycles. The van der Waals surface area contributed by atoms with Gasteiger partial charge in [0.1, 0.15) is 5.82 Å². The summed E-state index contributed by atoms with van der Waals surface area (Å²) in [5.74, 6) is 0.686. The second-order valence-electron chi connectivity index (χ2n) is 4.13. The van der Waals surface area contributed by atoms with Gasteiger partial charge in [-0.25, -0.2) is 4.98 Å². The Labute approximate surface area is 106 Å². The van der Waals surface area contributed by atoms with Gasteiger partial charge in [-0.3, -0.25) is 4.79 Å². The maximum absolute atomic E-state index is 11.9. The Morgan fingerprint density at radius 2 is 2.18 bits per heavy atom. The van der Waals surface area contributed by atoms with Gasteiger partial charge in [0.15, 0.2) is 0 Å². The molecule has 1 aliphatic rings. The Bertz CT molecular complexity index is 391. The van der Waals surface area contributed by atoms with E-state index in [1.54, 1.807) is 18.3 Å². The van der Waals surface area contributed by atoms with Gasteiger partial charge in [0.05, 0.1) is 11.6 Å². The molecule has 4 nitrogen and oxygen atoms in total. The molecule has 0 saturated carbocycles. The van der Waals surface area contributed by atoms with Crippen molar-refractivity contribution in [3.8, 4) is 0 Å². The number of likely N-dealkylation sites (tertiary alicyclic amines) is 1. The average Bonchev–Trinajstić information content (AvgIpc) is 2.38. The van der Waals surface area contributed by atoms with Crippen molar-refractivity contribution in [2.75, 3.05) is 25.0 Å². The van der Waals surface area contributed by atoms with E-state index in [0.29, 0.717) is 10.8 Å². The standard InChI is InChI=1S/C12H16ClN3O/c13-10-5-4-6-14-12(10)15-9-11(17)16-7-2-1-3-8-16/h4-6H,1-3,7-9H2,(H,14,15). The number of pyridine rings is 1. The van der Waals surface area contributed by atoms with E-state index < -0.39 is 0 Å². The lowest BCUT2D eigenvalue weighted by Gasteiger charge is -2.26. The normalized spacial score (nSPS) is 15.7. The van der Waals surface area contributed by atoms with Crippen LogP contribution in [0.3, 0.4) is 0 Å². The van der Waals surface area contributed by atoms with E-state index in [0.717, 1.165) is 25.9 Å². The fourth-order valence-corrected chi connectivity index (χ4v) is 2.12. The summed E-state index contributed by atoms with van der Waals surface area (Å²) >= 11 is 5.94. The smallest absolute Gasteiger partial charge is 0.241 e. The second-order valence-corrected chi connectivity index (χ2v) is 4.54. The average molecular weight is 254 g/mol. The molecule has 1 fully saturated rings. The predicted octanol–water partition coefficient (Wildman–Crippen LogP) is 2.16. The quantitative estimate of drug-likeness (QED) is 0.898. The molecule has 1 aromatic heterocycles. The highest BCUT2D eigenvalue weighted by atomic mass is 35.5. The van der Waals surface area contributed by atoms with Gasteiger partial charge in [-0.05, 0) is 31.4 Å². The van der Waals surface area contributed by atoms with Crippen LogP contribution in [0.5, 0.6) is 0 Å². The number of hydrogen-bond acceptors (Lipinski definition) is 3. The molecule has 2 heterocycles. The van der Waals surface area contributed by atoms with Crippen LogP contribution in [0.15, 0.2) is 18.3 Å².